The van der Waals surface area contributed by atoms with Crippen LogP contribution in [0.2, 0.25) is 5.02 Å². The van der Waals surface area contributed by atoms with E-state index in [1.807, 2.05) is 54.6 Å². The van der Waals surface area contributed by atoms with Gasteiger partial charge < -0.3 is 4.90 Å². The smallest absolute Gasteiger partial charge is 0.276 e. The van der Waals surface area contributed by atoms with E-state index in [1.165, 1.54) is 0 Å². The predicted molar refractivity (Wildman–Crippen MR) is 108 cm³/mol. The standard InChI is InChI=1S/C21H18ClN5O/c1-26(13-16-10-11-23-19-5-3-2-4-18(16)19)21(28)20-14-27(25-24-20)12-15-6-8-17(22)9-7-15/h2-11,14H,12-13H2,1H3. The maximum absolute atomic E-state index is 12.8. The molecule has 2 aromatic carbocycles. The number of nitrogens with zero attached hydrogens (tertiary/aromatic N) is 5. The van der Waals surface area contributed by atoms with Crippen molar-refractivity contribution in [2.24, 2.45) is 0 Å². The SMILES string of the molecule is CN(Cc1ccnc2ccccc12)C(=O)c1cn(Cc2ccc(Cl)cc2)nn1. The summed E-state index contributed by atoms with van der Waals surface area (Å²) in [7, 11) is 1.76. The first kappa shape index (κ1) is 18.1. The largest absolute Gasteiger partial charge is 0.336 e. The molecule has 0 saturated heterocycles. The number of carbonyl (C=O) groups is 1. The second-order valence-corrected chi connectivity index (χ2v) is 7.01. The summed E-state index contributed by atoms with van der Waals surface area (Å²) in [4.78, 5) is 18.8. The molecule has 0 bridgehead atoms. The Bertz CT molecular complexity index is 1120. The van der Waals surface area contributed by atoms with E-state index in [0.29, 0.717) is 23.8 Å². The third-order valence-electron chi connectivity index (χ3n) is 4.51. The summed E-state index contributed by atoms with van der Waals surface area (Å²) >= 11 is 5.91. The molecule has 2 aromatic heterocycles. The molecule has 140 valence electrons. The molecule has 28 heavy (non-hydrogen) atoms. The highest BCUT2D eigenvalue weighted by Gasteiger charge is 2.17. The quantitative estimate of drug-likeness (QED) is 0.519. The Morgan fingerprint density at radius 1 is 1.11 bits per heavy atom. The van der Waals surface area contributed by atoms with Crippen LogP contribution < -0.4 is 0 Å². The normalized spacial score (nSPS) is 10.9. The molecule has 6 nitrogen and oxygen atoms in total. The highest BCUT2D eigenvalue weighted by Crippen LogP contribution is 2.18. The Kier molecular flexibility index (Phi) is 5.04. The fraction of sp³-hybridized carbons (Fsp3) is 0.143. The number of fused-ring (bicyclic) bond motifs is 1. The van der Waals surface area contributed by atoms with E-state index in [9.17, 15) is 4.79 Å². The number of benzene rings is 2. The van der Waals surface area contributed by atoms with Crippen LogP contribution >= 0.6 is 11.6 Å². The first-order valence-corrected chi connectivity index (χ1v) is 9.20. The third kappa shape index (κ3) is 3.87. The van der Waals surface area contributed by atoms with Gasteiger partial charge in [0.25, 0.3) is 5.91 Å². The van der Waals surface area contributed by atoms with Crippen LogP contribution in [0.1, 0.15) is 21.6 Å². The second kappa shape index (κ2) is 7.78. The van der Waals surface area contributed by atoms with Gasteiger partial charge in [-0.25, -0.2) is 4.68 Å². The van der Waals surface area contributed by atoms with Gasteiger partial charge in [0.2, 0.25) is 0 Å². The van der Waals surface area contributed by atoms with E-state index >= 15 is 0 Å². The van der Waals surface area contributed by atoms with E-state index < -0.39 is 0 Å². The minimum atomic E-state index is -0.178. The van der Waals surface area contributed by atoms with Crippen LogP contribution in [0.4, 0.5) is 0 Å². The van der Waals surface area contributed by atoms with Crippen LogP contribution in [-0.4, -0.2) is 37.8 Å². The lowest BCUT2D eigenvalue weighted by atomic mass is 10.1. The number of aromatic nitrogens is 4. The van der Waals surface area contributed by atoms with Gasteiger partial charge in [-0.1, -0.05) is 47.1 Å². The molecule has 0 aliphatic heterocycles. The van der Waals surface area contributed by atoms with Gasteiger partial charge in [0.05, 0.1) is 18.3 Å². The summed E-state index contributed by atoms with van der Waals surface area (Å²) in [5.74, 6) is -0.178. The number of carbonyl (C=O) groups excluding carboxylic acids is 1. The van der Waals surface area contributed by atoms with E-state index in [1.54, 1.807) is 29.0 Å². The van der Waals surface area contributed by atoms with Crippen molar-refractivity contribution >= 4 is 28.4 Å². The fourth-order valence-corrected chi connectivity index (χ4v) is 3.19. The number of hydrogen-bond acceptors (Lipinski definition) is 4. The highest BCUT2D eigenvalue weighted by molar-refractivity contribution is 6.30. The van der Waals surface area contributed by atoms with E-state index in [-0.39, 0.29) is 5.91 Å². The number of halogens is 1. The fourth-order valence-electron chi connectivity index (χ4n) is 3.07. The molecular weight excluding hydrogens is 374 g/mol. The summed E-state index contributed by atoms with van der Waals surface area (Å²) < 4.78 is 1.64. The predicted octanol–water partition coefficient (Wildman–Crippen LogP) is 3.80. The van der Waals surface area contributed by atoms with Gasteiger partial charge in [-0.05, 0) is 35.4 Å². The molecule has 0 aliphatic carbocycles. The van der Waals surface area contributed by atoms with Crippen molar-refractivity contribution in [3.8, 4) is 0 Å². The number of hydrogen-bond donors (Lipinski definition) is 0. The van der Waals surface area contributed by atoms with Gasteiger partial charge in [0, 0.05) is 30.2 Å². The van der Waals surface area contributed by atoms with Gasteiger partial charge in [-0.2, -0.15) is 0 Å². The number of amides is 1. The molecule has 0 radical (unpaired) electrons. The van der Waals surface area contributed by atoms with Crippen molar-refractivity contribution in [2.45, 2.75) is 13.1 Å². The third-order valence-corrected chi connectivity index (χ3v) is 4.76. The maximum Gasteiger partial charge on any atom is 0.276 e. The van der Waals surface area contributed by atoms with E-state index in [0.717, 1.165) is 22.0 Å². The Morgan fingerprint density at radius 2 is 1.89 bits per heavy atom. The average Bonchev–Trinajstić information content (AvgIpc) is 3.18. The molecule has 0 unspecified atom stereocenters. The lowest BCUT2D eigenvalue weighted by molar-refractivity contribution is 0.0779. The number of pyridine rings is 1. The van der Waals surface area contributed by atoms with E-state index in [2.05, 4.69) is 15.3 Å². The first-order chi connectivity index (χ1) is 13.6. The first-order valence-electron chi connectivity index (χ1n) is 8.83. The number of para-hydroxylation sites is 1. The molecule has 4 aromatic rings. The minimum absolute atomic E-state index is 0.178. The molecular formula is C21H18ClN5O. The summed E-state index contributed by atoms with van der Waals surface area (Å²) in [6.07, 6.45) is 3.43. The molecule has 0 N–H and O–H groups in total. The lowest BCUT2D eigenvalue weighted by Crippen LogP contribution is -2.26. The van der Waals surface area contributed by atoms with Gasteiger partial charge in [0.1, 0.15) is 0 Å². The number of rotatable bonds is 5. The zero-order chi connectivity index (χ0) is 19.5. The van der Waals surface area contributed by atoms with Crippen LogP contribution in [0.5, 0.6) is 0 Å². The van der Waals surface area contributed by atoms with Gasteiger partial charge in [-0.3, -0.25) is 9.78 Å². The van der Waals surface area contributed by atoms with Gasteiger partial charge in [-0.15, -0.1) is 5.10 Å². The maximum atomic E-state index is 12.8. The summed E-state index contributed by atoms with van der Waals surface area (Å²) in [5.41, 5.74) is 3.30. The molecule has 0 fully saturated rings. The lowest BCUT2D eigenvalue weighted by Gasteiger charge is -2.16. The van der Waals surface area contributed by atoms with Crippen LogP contribution in [0.15, 0.2) is 67.0 Å². The minimum Gasteiger partial charge on any atom is -0.336 e. The zero-order valence-corrected chi connectivity index (χ0v) is 16.0. The summed E-state index contributed by atoms with van der Waals surface area (Å²) in [5, 5.41) is 9.83. The van der Waals surface area contributed by atoms with Crippen molar-refractivity contribution in [3.05, 3.63) is 88.8 Å². The van der Waals surface area contributed by atoms with Crippen LogP contribution in [0.3, 0.4) is 0 Å². The Morgan fingerprint density at radius 3 is 2.71 bits per heavy atom. The van der Waals surface area contributed by atoms with E-state index in [4.69, 9.17) is 11.6 Å². The van der Waals surface area contributed by atoms with Crippen LogP contribution in [-0.2, 0) is 13.1 Å². The molecule has 0 spiro atoms. The van der Waals surface area contributed by atoms with Crippen molar-refractivity contribution < 1.29 is 4.79 Å². The molecule has 0 aliphatic rings. The topological polar surface area (TPSA) is 63.9 Å². The Labute approximate surface area is 167 Å². The van der Waals surface area contributed by atoms with Crippen molar-refractivity contribution in [3.63, 3.8) is 0 Å². The molecule has 0 atom stereocenters. The van der Waals surface area contributed by atoms with Crippen LogP contribution in [0, 0.1) is 0 Å². The Balaban J connectivity index is 1.48. The Hall–Kier alpha value is -3.25. The zero-order valence-electron chi connectivity index (χ0n) is 15.3. The average molecular weight is 392 g/mol. The van der Waals surface area contributed by atoms with Crippen molar-refractivity contribution in [1.82, 2.24) is 24.9 Å². The highest BCUT2D eigenvalue weighted by atomic mass is 35.5. The molecule has 2 heterocycles. The van der Waals surface area contributed by atoms with Gasteiger partial charge in [0.15, 0.2) is 5.69 Å². The monoisotopic (exact) mass is 391 g/mol. The molecule has 4 rings (SSSR count). The van der Waals surface area contributed by atoms with Gasteiger partial charge >= 0.3 is 0 Å². The summed E-state index contributed by atoms with van der Waals surface area (Å²) in [6.45, 7) is 0.988. The summed E-state index contributed by atoms with van der Waals surface area (Å²) in [6, 6.07) is 17.3. The molecule has 0 saturated carbocycles. The molecule has 7 heteroatoms. The molecule has 1 amide bonds. The van der Waals surface area contributed by atoms with Crippen LogP contribution in [0.25, 0.3) is 10.9 Å². The van der Waals surface area contributed by atoms with Crippen molar-refractivity contribution in [1.29, 1.82) is 0 Å². The second-order valence-electron chi connectivity index (χ2n) is 6.58. The van der Waals surface area contributed by atoms with Crippen molar-refractivity contribution in [2.75, 3.05) is 7.05 Å².